The van der Waals surface area contributed by atoms with Gasteiger partial charge in [-0.2, -0.15) is 4.98 Å². The van der Waals surface area contributed by atoms with Crippen LogP contribution >= 0.6 is 23.2 Å². The number of hydrogen-bond acceptors (Lipinski definition) is 5. The van der Waals surface area contributed by atoms with Gasteiger partial charge in [0.15, 0.2) is 0 Å². The third-order valence-corrected chi connectivity index (χ3v) is 4.43. The molecule has 2 aromatic heterocycles. The third-order valence-electron chi connectivity index (χ3n) is 3.99. The highest BCUT2D eigenvalue weighted by atomic mass is 35.5. The second kappa shape index (κ2) is 6.46. The van der Waals surface area contributed by atoms with Crippen molar-refractivity contribution < 1.29 is 9.32 Å². The molecule has 0 bridgehead atoms. The second-order valence-electron chi connectivity index (χ2n) is 5.76. The number of carbonyl (C=O) groups is 1. The molecule has 126 valence electrons. The monoisotopic (exact) mass is 374 g/mol. The van der Waals surface area contributed by atoms with Gasteiger partial charge in [0.25, 0.3) is 5.91 Å². The van der Waals surface area contributed by atoms with Crippen LogP contribution in [-0.4, -0.2) is 39.0 Å². The molecular weight excluding hydrogens is 363 g/mol. The van der Waals surface area contributed by atoms with Gasteiger partial charge in [0, 0.05) is 46.7 Å². The Morgan fingerprint density at radius 3 is 2.64 bits per heavy atom. The summed E-state index contributed by atoms with van der Waals surface area (Å²) in [7, 11) is 0. The standard InChI is InChI=1S/C17H12Cl2N4O2/c18-13-4-11(5-14(19)6-13)17(24)23-8-12(9-23)16-21-15(22-25-16)10-2-1-3-20-7-10/h1-7,12H,8-9H2. The zero-order valence-corrected chi connectivity index (χ0v) is 14.4. The van der Waals surface area contributed by atoms with E-state index in [1.807, 2.05) is 12.1 Å². The molecule has 3 aromatic rings. The molecule has 0 atom stereocenters. The Bertz CT molecular complexity index is 903. The highest BCUT2D eigenvalue weighted by Crippen LogP contribution is 2.29. The Morgan fingerprint density at radius 2 is 1.96 bits per heavy atom. The summed E-state index contributed by atoms with van der Waals surface area (Å²) in [5.41, 5.74) is 1.26. The van der Waals surface area contributed by atoms with Crippen LogP contribution in [0.25, 0.3) is 11.4 Å². The SMILES string of the molecule is O=C(c1cc(Cl)cc(Cl)c1)N1CC(c2nc(-c3cccnc3)no2)C1. The van der Waals surface area contributed by atoms with Crippen molar-refractivity contribution in [3.8, 4) is 11.4 Å². The molecule has 4 rings (SSSR count). The number of likely N-dealkylation sites (tertiary alicyclic amines) is 1. The van der Waals surface area contributed by atoms with Crippen molar-refractivity contribution in [2.75, 3.05) is 13.1 Å². The van der Waals surface area contributed by atoms with Crippen LogP contribution in [0.3, 0.4) is 0 Å². The van der Waals surface area contributed by atoms with E-state index in [0.717, 1.165) is 5.56 Å². The minimum absolute atomic E-state index is 0.0246. The molecule has 6 nitrogen and oxygen atoms in total. The van der Waals surface area contributed by atoms with E-state index in [0.29, 0.717) is 40.4 Å². The molecule has 0 radical (unpaired) electrons. The molecule has 0 saturated carbocycles. The first-order chi connectivity index (χ1) is 12.1. The van der Waals surface area contributed by atoms with E-state index in [1.165, 1.54) is 0 Å². The number of pyridine rings is 1. The van der Waals surface area contributed by atoms with E-state index >= 15 is 0 Å². The Labute approximate surface area is 153 Å². The Kier molecular flexibility index (Phi) is 4.15. The van der Waals surface area contributed by atoms with Crippen molar-refractivity contribution in [2.24, 2.45) is 0 Å². The van der Waals surface area contributed by atoms with Crippen molar-refractivity contribution in [2.45, 2.75) is 5.92 Å². The number of hydrogen-bond donors (Lipinski definition) is 0. The number of nitrogens with zero attached hydrogens (tertiary/aromatic N) is 4. The third kappa shape index (κ3) is 3.23. The van der Waals surface area contributed by atoms with Crippen molar-refractivity contribution >= 4 is 29.1 Å². The van der Waals surface area contributed by atoms with E-state index in [4.69, 9.17) is 27.7 Å². The van der Waals surface area contributed by atoms with Crippen LogP contribution in [0.15, 0.2) is 47.2 Å². The second-order valence-corrected chi connectivity index (χ2v) is 6.64. The smallest absolute Gasteiger partial charge is 0.254 e. The van der Waals surface area contributed by atoms with Gasteiger partial charge in [-0.1, -0.05) is 28.4 Å². The Hall–Kier alpha value is -2.44. The summed E-state index contributed by atoms with van der Waals surface area (Å²) < 4.78 is 5.33. The van der Waals surface area contributed by atoms with Gasteiger partial charge < -0.3 is 9.42 Å². The highest BCUT2D eigenvalue weighted by Gasteiger charge is 2.36. The van der Waals surface area contributed by atoms with E-state index in [9.17, 15) is 4.79 Å². The average molecular weight is 375 g/mol. The number of amides is 1. The topological polar surface area (TPSA) is 72.1 Å². The Balaban J connectivity index is 1.44. The lowest BCUT2D eigenvalue weighted by molar-refractivity contribution is 0.0569. The van der Waals surface area contributed by atoms with E-state index in [2.05, 4.69) is 15.1 Å². The lowest BCUT2D eigenvalue weighted by Gasteiger charge is -2.37. The summed E-state index contributed by atoms with van der Waals surface area (Å²) in [5, 5.41) is 4.85. The van der Waals surface area contributed by atoms with Gasteiger partial charge in [-0.15, -0.1) is 0 Å². The van der Waals surface area contributed by atoms with Gasteiger partial charge in [0.05, 0.1) is 5.92 Å². The molecule has 0 unspecified atom stereocenters. The first-order valence-electron chi connectivity index (χ1n) is 7.59. The number of carbonyl (C=O) groups excluding carboxylic acids is 1. The molecule has 1 fully saturated rings. The molecule has 0 aliphatic carbocycles. The fourth-order valence-electron chi connectivity index (χ4n) is 2.67. The maximum Gasteiger partial charge on any atom is 0.254 e. The van der Waals surface area contributed by atoms with Gasteiger partial charge in [0.2, 0.25) is 11.7 Å². The molecule has 1 amide bonds. The normalized spacial score (nSPS) is 14.4. The van der Waals surface area contributed by atoms with Gasteiger partial charge in [-0.25, -0.2) is 0 Å². The van der Waals surface area contributed by atoms with Crippen LogP contribution in [0.2, 0.25) is 10.0 Å². The summed E-state index contributed by atoms with van der Waals surface area (Å²) in [6.07, 6.45) is 3.36. The Morgan fingerprint density at radius 1 is 1.20 bits per heavy atom. The average Bonchev–Trinajstić information content (AvgIpc) is 3.03. The van der Waals surface area contributed by atoms with E-state index in [1.54, 1.807) is 35.5 Å². The predicted molar refractivity (Wildman–Crippen MR) is 92.6 cm³/mol. The van der Waals surface area contributed by atoms with Gasteiger partial charge in [-0.05, 0) is 30.3 Å². The molecule has 8 heteroatoms. The first-order valence-corrected chi connectivity index (χ1v) is 8.35. The van der Waals surface area contributed by atoms with Gasteiger partial charge in [-0.3, -0.25) is 9.78 Å². The predicted octanol–water partition coefficient (Wildman–Crippen LogP) is 3.68. The van der Waals surface area contributed by atoms with Crippen LogP contribution < -0.4 is 0 Å². The number of halogens is 2. The fourth-order valence-corrected chi connectivity index (χ4v) is 3.20. The molecule has 3 heterocycles. The summed E-state index contributed by atoms with van der Waals surface area (Å²) in [5.74, 6) is 0.922. The van der Waals surface area contributed by atoms with E-state index in [-0.39, 0.29) is 11.8 Å². The lowest BCUT2D eigenvalue weighted by Crippen LogP contribution is -2.48. The van der Waals surface area contributed by atoms with Crippen LogP contribution in [0.5, 0.6) is 0 Å². The number of benzene rings is 1. The van der Waals surface area contributed by atoms with Crippen LogP contribution in [0, 0.1) is 0 Å². The summed E-state index contributed by atoms with van der Waals surface area (Å²) >= 11 is 11.9. The van der Waals surface area contributed by atoms with E-state index < -0.39 is 0 Å². The lowest BCUT2D eigenvalue weighted by atomic mass is 9.98. The van der Waals surface area contributed by atoms with Crippen LogP contribution in [0.1, 0.15) is 22.2 Å². The summed E-state index contributed by atoms with van der Waals surface area (Å²) in [6, 6.07) is 8.48. The van der Waals surface area contributed by atoms with Gasteiger partial charge >= 0.3 is 0 Å². The maximum atomic E-state index is 12.5. The van der Waals surface area contributed by atoms with Crippen molar-refractivity contribution in [3.63, 3.8) is 0 Å². The molecule has 0 N–H and O–H groups in total. The van der Waals surface area contributed by atoms with Crippen molar-refractivity contribution in [3.05, 3.63) is 64.2 Å². The van der Waals surface area contributed by atoms with Crippen LogP contribution in [-0.2, 0) is 0 Å². The summed E-state index contributed by atoms with van der Waals surface area (Å²) in [6.45, 7) is 1.02. The zero-order valence-electron chi connectivity index (χ0n) is 12.9. The molecule has 0 spiro atoms. The fraction of sp³-hybridized carbons (Fsp3) is 0.176. The minimum atomic E-state index is -0.118. The molecule has 25 heavy (non-hydrogen) atoms. The maximum absolute atomic E-state index is 12.5. The molecular formula is C17H12Cl2N4O2. The minimum Gasteiger partial charge on any atom is -0.339 e. The number of aromatic nitrogens is 3. The molecule has 1 aliphatic heterocycles. The molecule has 1 aliphatic rings. The number of rotatable bonds is 3. The van der Waals surface area contributed by atoms with Crippen LogP contribution in [0.4, 0.5) is 0 Å². The van der Waals surface area contributed by atoms with Crippen molar-refractivity contribution in [1.82, 2.24) is 20.0 Å². The van der Waals surface area contributed by atoms with Gasteiger partial charge in [0.1, 0.15) is 0 Å². The quantitative estimate of drug-likeness (QED) is 0.698. The molecule has 1 aromatic carbocycles. The molecule has 1 saturated heterocycles. The first kappa shape index (κ1) is 16.1. The highest BCUT2D eigenvalue weighted by molar-refractivity contribution is 6.35. The summed E-state index contributed by atoms with van der Waals surface area (Å²) in [4.78, 5) is 22.6. The largest absolute Gasteiger partial charge is 0.339 e. The zero-order chi connectivity index (χ0) is 17.4. The van der Waals surface area contributed by atoms with Crippen molar-refractivity contribution in [1.29, 1.82) is 0 Å².